The van der Waals surface area contributed by atoms with Crippen LogP contribution in [0.1, 0.15) is 19.8 Å². The van der Waals surface area contributed by atoms with Crippen LogP contribution in [-0.4, -0.2) is 19.0 Å². The first-order chi connectivity index (χ1) is 5.68. The van der Waals surface area contributed by atoms with Gasteiger partial charge in [0.05, 0.1) is 12.8 Å². The molecule has 0 aliphatic rings. The molecule has 0 aliphatic heterocycles. The van der Waals surface area contributed by atoms with Crippen molar-refractivity contribution in [2.45, 2.75) is 19.8 Å². The fourth-order valence-corrected chi connectivity index (χ4v) is 3.07. The molecule has 0 radical (unpaired) electrons. The third-order valence-corrected chi connectivity index (χ3v) is 5.69. The van der Waals surface area contributed by atoms with Gasteiger partial charge in [-0.2, -0.15) is 0 Å². The van der Waals surface area contributed by atoms with Crippen LogP contribution in [0.25, 0.3) is 0 Å². The standard InChI is InChI=1S/C8H17O2PS/c1-4-6-7-10-11(9,12-3)8-5-2/h5H,2,4,6-8H2,1,3H3. The number of hydrogen-bond acceptors (Lipinski definition) is 3. The monoisotopic (exact) mass is 208 g/mol. The van der Waals surface area contributed by atoms with E-state index in [1.54, 1.807) is 6.08 Å². The molecule has 0 saturated heterocycles. The molecule has 0 fully saturated rings. The van der Waals surface area contributed by atoms with E-state index in [-0.39, 0.29) is 0 Å². The van der Waals surface area contributed by atoms with E-state index >= 15 is 0 Å². The number of hydrogen-bond donors (Lipinski definition) is 0. The maximum absolute atomic E-state index is 11.7. The predicted molar refractivity (Wildman–Crippen MR) is 57.0 cm³/mol. The summed E-state index contributed by atoms with van der Waals surface area (Å²) in [5.41, 5.74) is 0. The number of unbranched alkanes of at least 4 members (excludes halogenated alkanes) is 1. The average molecular weight is 208 g/mol. The van der Waals surface area contributed by atoms with Gasteiger partial charge in [0, 0.05) is 0 Å². The topological polar surface area (TPSA) is 26.3 Å². The highest BCUT2D eigenvalue weighted by molar-refractivity contribution is 8.56. The van der Waals surface area contributed by atoms with E-state index in [4.69, 9.17) is 4.52 Å². The Kier molecular flexibility index (Phi) is 6.92. The summed E-state index contributed by atoms with van der Waals surface area (Å²) in [7, 11) is 0. The van der Waals surface area contributed by atoms with E-state index in [0.717, 1.165) is 12.8 Å². The van der Waals surface area contributed by atoms with Gasteiger partial charge in [0.25, 0.3) is 6.57 Å². The lowest BCUT2D eigenvalue weighted by Crippen LogP contribution is -1.92. The van der Waals surface area contributed by atoms with E-state index in [1.165, 1.54) is 11.4 Å². The van der Waals surface area contributed by atoms with Gasteiger partial charge in [-0.15, -0.1) is 6.58 Å². The minimum Gasteiger partial charge on any atom is -0.321 e. The van der Waals surface area contributed by atoms with Crippen LogP contribution in [0.15, 0.2) is 12.7 Å². The smallest absolute Gasteiger partial charge is 0.261 e. The summed E-state index contributed by atoms with van der Waals surface area (Å²) in [6.45, 7) is 3.81. The summed E-state index contributed by atoms with van der Waals surface area (Å²) in [5.74, 6) is 0. The molecule has 0 saturated carbocycles. The fraction of sp³-hybridized carbons (Fsp3) is 0.750. The maximum Gasteiger partial charge on any atom is 0.261 e. The first-order valence-corrected chi connectivity index (χ1v) is 7.72. The van der Waals surface area contributed by atoms with Crippen molar-refractivity contribution in [2.75, 3.05) is 19.0 Å². The summed E-state index contributed by atoms with van der Waals surface area (Å²) in [4.78, 5) is 0. The summed E-state index contributed by atoms with van der Waals surface area (Å²) in [6, 6.07) is 0. The van der Waals surface area contributed by atoms with Crippen LogP contribution < -0.4 is 0 Å². The Bertz CT molecular complexity index is 170. The Labute approximate surface area is 79.0 Å². The molecule has 0 N–H and O–H groups in total. The third-order valence-electron chi connectivity index (χ3n) is 1.42. The second-order valence-corrected chi connectivity index (χ2v) is 7.43. The van der Waals surface area contributed by atoms with Crippen molar-refractivity contribution >= 4 is 18.0 Å². The molecule has 0 spiro atoms. The molecule has 1 atom stereocenters. The molecule has 0 bridgehead atoms. The minimum absolute atomic E-state index is 0.470. The fourth-order valence-electron chi connectivity index (χ4n) is 0.686. The van der Waals surface area contributed by atoms with Crippen molar-refractivity contribution in [1.82, 2.24) is 0 Å². The first-order valence-electron chi connectivity index (χ1n) is 4.08. The van der Waals surface area contributed by atoms with Gasteiger partial charge in [-0.3, -0.25) is 4.57 Å². The summed E-state index contributed by atoms with van der Waals surface area (Å²) in [6.07, 6.45) is 5.99. The Morgan fingerprint density at radius 1 is 1.67 bits per heavy atom. The van der Waals surface area contributed by atoms with Crippen LogP contribution in [0, 0.1) is 0 Å². The van der Waals surface area contributed by atoms with Crippen LogP contribution in [-0.2, 0) is 9.09 Å². The van der Waals surface area contributed by atoms with Gasteiger partial charge < -0.3 is 4.52 Å². The van der Waals surface area contributed by atoms with Gasteiger partial charge in [0.2, 0.25) is 0 Å². The summed E-state index contributed by atoms with van der Waals surface area (Å²) >= 11 is 1.31. The normalized spacial score (nSPS) is 15.5. The van der Waals surface area contributed by atoms with Crippen LogP contribution >= 0.6 is 18.0 Å². The van der Waals surface area contributed by atoms with Crippen molar-refractivity contribution < 1.29 is 9.09 Å². The van der Waals surface area contributed by atoms with Crippen molar-refractivity contribution in [1.29, 1.82) is 0 Å². The van der Waals surface area contributed by atoms with Gasteiger partial charge in [0.15, 0.2) is 0 Å². The molecule has 2 nitrogen and oxygen atoms in total. The third kappa shape index (κ3) is 5.02. The van der Waals surface area contributed by atoms with E-state index in [1.807, 2.05) is 6.26 Å². The number of allylic oxidation sites excluding steroid dienone is 1. The van der Waals surface area contributed by atoms with Gasteiger partial charge in [-0.25, -0.2) is 0 Å². The zero-order chi connectivity index (χ0) is 9.45. The molecule has 72 valence electrons. The first kappa shape index (κ1) is 12.3. The highest BCUT2D eigenvalue weighted by atomic mass is 32.7. The second kappa shape index (κ2) is 6.76. The van der Waals surface area contributed by atoms with Gasteiger partial charge in [0.1, 0.15) is 0 Å². The summed E-state index contributed by atoms with van der Waals surface area (Å²) in [5, 5.41) is 0. The zero-order valence-electron chi connectivity index (χ0n) is 7.78. The molecule has 0 aromatic rings. The number of rotatable bonds is 7. The second-order valence-electron chi connectivity index (χ2n) is 2.45. The average Bonchev–Trinajstić information content (AvgIpc) is 2.06. The molecule has 0 aromatic heterocycles. The molecular formula is C8H17O2PS. The van der Waals surface area contributed by atoms with Crippen molar-refractivity contribution in [3.05, 3.63) is 12.7 Å². The molecule has 0 aromatic carbocycles. The van der Waals surface area contributed by atoms with Crippen LogP contribution in [0.3, 0.4) is 0 Å². The van der Waals surface area contributed by atoms with Gasteiger partial charge in [-0.1, -0.05) is 30.8 Å². The molecule has 12 heavy (non-hydrogen) atoms. The molecule has 0 amide bonds. The lowest BCUT2D eigenvalue weighted by molar-refractivity contribution is 0.318. The van der Waals surface area contributed by atoms with E-state index in [0.29, 0.717) is 12.8 Å². The molecule has 0 heterocycles. The minimum atomic E-state index is -2.43. The van der Waals surface area contributed by atoms with E-state index < -0.39 is 6.57 Å². The van der Waals surface area contributed by atoms with Crippen LogP contribution in [0.4, 0.5) is 0 Å². The van der Waals surface area contributed by atoms with Crippen LogP contribution in [0.5, 0.6) is 0 Å². The van der Waals surface area contributed by atoms with Crippen LogP contribution in [0.2, 0.25) is 0 Å². The zero-order valence-corrected chi connectivity index (χ0v) is 9.50. The summed E-state index contributed by atoms with van der Waals surface area (Å²) < 4.78 is 17.0. The van der Waals surface area contributed by atoms with Gasteiger partial charge >= 0.3 is 0 Å². The molecule has 0 aliphatic carbocycles. The Morgan fingerprint density at radius 3 is 2.75 bits per heavy atom. The highest BCUT2D eigenvalue weighted by Crippen LogP contribution is 2.58. The molecule has 0 rings (SSSR count). The Hall–Kier alpha value is 0.280. The van der Waals surface area contributed by atoms with Crippen molar-refractivity contribution in [2.24, 2.45) is 0 Å². The predicted octanol–water partition coefficient (Wildman–Crippen LogP) is 3.55. The molecular weight excluding hydrogens is 191 g/mol. The van der Waals surface area contributed by atoms with Gasteiger partial charge in [-0.05, 0) is 12.7 Å². The lowest BCUT2D eigenvalue weighted by atomic mass is 10.4. The lowest BCUT2D eigenvalue weighted by Gasteiger charge is -2.13. The van der Waals surface area contributed by atoms with E-state index in [2.05, 4.69) is 13.5 Å². The van der Waals surface area contributed by atoms with Crippen molar-refractivity contribution in [3.8, 4) is 0 Å². The SMILES string of the molecule is C=CCP(=O)(OCCCC)SC. The molecule has 1 unspecified atom stereocenters. The highest BCUT2D eigenvalue weighted by Gasteiger charge is 2.18. The Morgan fingerprint density at radius 2 is 2.33 bits per heavy atom. The largest absolute Gasteiger partial charge is 0.321 e. The quantitative estimate of drug-likeness (QED) is 0.363. The maximum atomic E-state index is 11.7. The van der Waals surface area contributed by atoms with Crippen molar-refractivity contribution in [3.63, 3.8) is 0 Å². The Balaban J connectivity index is 3.79. The molecule has 4 heteroatoms. The van der Waals surface area contributed by atoms with E-state index in [9.17, 15) is 4.57 Å².